The van der Waals surface area contributed by atoms with Crippen LogP contribution in [0.4, 0.5) is 0 Å². The molecular formula is C12H20N2O2. The maximum atomic E-state index is 5.71. The van der Waals surface area contributed by atoms with Gasteiger partial charge in [0.15, 0.2) is 5.89 Å². The van der Waals surface area contributed by atoms with E-state index in [0.717, 1.165) is 37.0 Å². The molecular weight excluding hydrogens is 204 g/mol. The fourth-order valence-electron chi connectivity index (χ4n) is 1.77. The van der Waals surface area contributed by atoms with Crippen LogP contribution in [0, 0.1) is 6.92 Å². The van der Waals surface area contributed by atoms with E-state index in [2.05, 4.69) is 31.1 Å². The van der Waals surface area contributed by atoms with Crippen molar-refractivity contribution in [2.45, 2.75) is 39.2 Å². The molecule has 1 atom stereocenters. The minimum absolute atomic E-state index is 0.0357. The summed E-state index contributed by atoms with van der Waals surface area (Å²) in [5.41, 5.74) is 0.891. The third-order valence-electron chi connectivity index (χ3n) is 2.71. The Balaban J connectivity index is 2.24. The molecule has 2 heterocycles. The Bertz CT molecular complexity index is 360. The van der Waals surface area contributed by atoms with Gasteiger partial charge in [-0.05, 0) is 6.92 Å². The summed E-state index contributed by atoms with van der Waals surface area (Å²) in [6.07, 6.45) is 0.0357. The van der Waals surface area contributed by atoms with Crippen LogP contribution < -0.4 is 5.32 Å². The zero-order chi connectivity index (χ0) is 11.8. The van der Waals surface area contributed by atoms with Crippen molar-refractivity contribution in [2.24, 2.45) is 0 Å². The van der Waals surface area contributed by atoms with Gasteiger partial charge >= 0.3 is 0 Å². The number of ether oxygens (including phenoxy) is 1. The number of aryl methyl sites for hydroxylation is 1. The number of nitrogens with one attached hydrogen (secondary N) is 1. The van der Waals surface area contributed by atoms with Crippen LogP contribution in [0.25, 0.3) is 0 Å². The molecule has 0 saturated carbocycles. The van der Waals surface area contributed by atoms with Gasteiger partial charge < -0.3 is 14.5 Å². The number of hydrogen-bond acceptors (Lipinski definition) is 4. The number of nitrogens with zero attached hydrogens (tertiary/aromatic N) is 1. The van der Waals surface area contributed by atoms with Gasteiger partial charge in [0, 0.05) is 18.5 Å². The van der Waals surface area contributed by atoms with Crippen molar-refractivity contribution in [3.8, 4) is 0 Å². The van der Waals surface area contributed by atoms with Crippen LogP contribution in [0.3, 0.4) is 0 Å². The molecule has 90 valence electrons. The molecule has 16 heavy (non-hydrogen) atoms. The second-order valence-corrected chi connectivity index (χ2v) is 5.27. The SMILES string of the molecule is Cc1oc(C(C)(C)C)nc1C1CNCCO1. The first-order chi connectivity index (χ1) is 7.48. The van der Waals surface area contributed by atoms with E-state index in [4.69, 9.17) is 9.15 Å². The average Bonchev–Trinajstić information content (AvgIpc) is 2.61. The van der Waals surface area contributed by atoms with Gasteiger partial charge in [0.2, 0.25) is 0 Å². The minimum Gasteiger partial charge on any atom is -0.445 e. The fourth-order valence-corrected chi connectivity index (χ4v) is 1.77. The lowest BCUT2D eigenvalue weighted by molar-refractivity contribution is 0.0244. The molecule has 1 fully saturated rings. The van der Waals surface area contributed by atoms with E-state index in [1.807, 2.05) is 6.92 Å². The molecule has 1 N–H and O–H groups in total. The van der Waals surface area contributed by atoms with Crippen molar-refractivity contribution in [1.29, 1.82) is 0 Å². The van der Waals surface area contributed by atoms with Crippen molar-refractivity contribution in [1.82, 2.24) is 10.3 Å². The molecule has 1 saturated heterocycles. The lowest BCUT2D eigenvalue weighted by Crippen LogP contribution is -2.33. The summed E-state index contributed by atoms with van der Waals surface area (Å²) >= 11 is 0. The third-order valence-corrected chi connectivity index (χ3v) is 2.71. The Labute approximate surface area is 96.4 Å². The monoisotopic (exact) mass is 224 g/mol. The van der Waals surface area contributed by atoms with Crippen LogP contribution in [0.1, 0.15) is 44.2 Å². The smallest absolute Gasteiger partial charge is 0.200 e. The number of morpholine rings is 1. The zero-order valence-electron chi connectivity index (χ0n) is 10.5. The number of rotatable bonds is 1. The first-order valence-corrected chi connectivity index (χ1v) is 5.78. The molecule has 0 aliphatic carbocycles. The lowest BCUT2D eigenvalue weighted by atomic mass is 9.97. The maximum absolute atomic E-state index is 5.71. The molecule has 0 bridgehead atoms. The van der Waals surface area contributed by atoms with Crippen LogP contribution in [0.15, 0.2) is 4.42 Å². The van der Waals surface area contributed by atoms with Crippen molar-refractivity contribution >= 4 is 0 Å². The van der Waals surface area contributed by atoms with Gasteiger partial charge in [-0.15, -0.1) is 0 Å². The molecule has 4 nitrogen and oxygen atoms in total. The summed E-state index contributed by atoms with van der Waals surface area (Å²) in [5, 5.41) is 3.30. The fraction of sp³-hybridized carbons (Fsp3) is 0.750. The maximum Gasteiger partial charge on any atom is 0.200 e. The van der Waals surface area contributed by atoms with E-state index in [-0.39, 0.29) is 11.5 Å². The molecule has 1 aromatic heterocycles. The Kier molecular flexibility index (Phi) is 3.04. The predicted octanol–water partition coefficient (Wildman–Crippen LogP) is 1.94. The van der Waals surface area contributed by atoms with Crippen LogP contribution >= 0.6 is 0 Å². The highest BCUT2D eigenvalue weighted by molar-refractivity contribution is 5.15. The molecule has 2 rings (SSSR count). The van der Waals surface area contributed by atoms with Crippen molar-refractivity contribution in [3.63, 3.8) is 0 Å². The van der Waals surface area contributed by atoms with E-state index < -0.39 is 0 Å². The Morgan fingerprint density at radius 2 is 2.12 bits per heavy atom. The molecule has 0 amide bonds. The van der Waals surface area contributed by atoms with Crippen molar-refractivity contribution in [3.05, 3.63) is 17.3 Å². The molecule has 0 spiro atoms. The summed E-state index contributed by atoms with van der Waals surface area (Å²) in [6, 6.07) is 0. The number of oxazole rings is 1. The molecule has 1 aliphatic rings. The van der Waals surface area contributed by atoms with E-state index in [0.29, 0.717) is 0 Å². The van der Waals surface area contributed by atoms with Gasteiger partial charge in [-0.1, -0.05) is 20.8 Å². The summed E-state index contributed by atoms with van der Waals surface area (Å²) in [7, 11) is 0. The van der Waals surface area contributed by atoms with Gasteiger partial charge in [0.1, 0.15) is 17.6 Å². The first-order valence-electron chi connectivity index (χ1n) is 5.78. The van der Waals surface area contributed by atoms with E-state index in [9.17, 15) is 0 Å². The highest BCUT2D eigenvalue weighted by Gasteiger charge is 2.27. The Morgan fingerprint density at radius 1 is 1.38 bits per heavy atom. The molecule has 1 aromatic rings. The molecule has 0 radical (unpaired) electrons. The third kappa shape index (κ3) is 2.28. The highest BCUT2D eigenvalue weighted by atomic mass is 16.5. The Morgan fingerprint density at radius 3 is 2.62 bits per heavy atom. The number of aromatic nitrogens is 1. The van der Waals surface area contributed by atoms with E-state index in [1.165, 1.54) is 0 Å². The van der Waals surface area contributed by atoms with Crippen LogP contribution in [0.2, 0.25) is 0 Å². The highest BCUT2D eigenvalue weighted by Crippen LogP contribution is 2.28. The van der Waals surface area contributed by atoms with E-state index in [1.54, 1.807) is 0 Å². The molecule has 4 heteroatoms. The second kappa shape index (κ2) is 4.18. The van der Waals surface area contributed by atoms with Gasteiger partial charge in [-0.3, -0.25) is 0 Å². The Hall–Kier alpha value is -0.870. The normalized spacial score (nSPS) is 22.4. The molecule has 1 aliphatic heterocycles. The summed E-state index contributed by atoms with van der Waals surface area (Å²) in [4.78, 5) is 4.57. The topological polar surface area (TPSA) is 47.3 Å². The second-order valence-electron chi connectivity index (χ2n) is 5.27. The summed E-state index contributed by atoms with van der Waals surface area (Å²) in [5.74, 6) is 1.66. The standard InChI is InChI=1S/C12H20N2O2/c1-8-10(9-7-13-5-6-15-9)14-11(16-8)12(2,3)4/h9,13H,5-7H2,1-4H3. The summed E-state index contributed by atoms with van der Waals surface area (Å²) in [6.45, 7) is 10.7. The lowest BCUT2D eigenvalue weighted by Gasteiger charge is -2.22. The number of hydrogen-bond donors (Lipinski definition) is 1. The van der Waals surface area contributed by atoms with Gasteiger partial charge in [-0.2, -0.15) is 0 Å². The van der Waals surface area contributed by atoms with Gasteiger partial charge in [0.25, 0.3) is 0 Å². The zero-order valence-corrected chi connectivity index (χ0v) is 10.5. The minimum atomic E-state index is -0.0505. The largest absolute Gasteiger partial charge is 0.445 e. The van der Waals surface area contributed by atoms with Gasteiger partial charge in [0.05, 0.1) is 6.61 Å². The van der Waals surface area contributed by atoms with Crippen molar-refractivity contribution in [2.75, 3.05) is 19.7 Å². The van der Waals surface area contributed by atoms with Crippen LogP contribution in [0.5, 0.6) is 0 Å². The van der Waals surface area contributed by atoms with E-state index >= 15 is 0 Å². The van der Waals surface area contributed by atoms with Crippen LogP contribution in [-0.4, -0.2) is 24.7 Å². The predicted molar refractivity (Wildman–Crippen MR) is 61.5 cm³/mol. The molecule has 1 unspecified atom stereocenters. The molecule has 0 aromatic carbocycles. The quantitative estimate of drug-likeness (QED) is 0.792. The van der Waals surface area contributed by atoms with Crippen LogP contribution in [-0.2, 0) is 10.2 Å². The van der Waals surface area contributed by atoms with Gasteiger partial charge in [-0.25, -0.2) is 4.98 Å². The average molecular weight is 224 g/mol. The summed E-state index contributed by atoms with van der Waals surface area (Å²) < 4.78 is 11.4. The first kappa shape index (κ1) is 11.6. The van der Waals surface area contributed by atoms with Crippen molar-refractivity contribution < 1.29 is 9.15 Å².